The molecular weight excluding hydrogens is 342 g/mol. The van der Waals surface area contributed by atoms with Crippen LogP contribution < -0.4 is 11.1 Å². The number of primary amides is 1. The molecular formula is C21H29N3O3. The van der Waals surface area contributed by atoms with Gasteiger partial charge < -0.3 is 20.4 Å². The lowest BCUT2D eigenvalue weighted by Gasteiger charge is -2.30. The highest BCUT2D eigenvalue weighted by atomic mass is 16.3. The molecule has 2 heterocycles. The second-order valence-electron chi connectivity index (χ2n) is 7.43. The summed E-state index contributed by atoms with van der Waals surface area (Å²) in [4.78, 5) is 26.1. The van der Waals surface area contributed by atoms with Crippen LogP contribution in [-0.2, 0) is 11.2 Å². The molecule has 0 unspecified atom stereocenters. The van der Waals surface area contributed by atoms with Crippen molar-refractivity contribution >= 4 is 22.8 Å². The van der Waals surface area contributed by atoms with Crippen molar-refractivity contribution < 1.29 is 14.0 Å². The molecule has 1 aromatic carbocycles. The number of nitrogens with one attached hydrogen (secondary N) is 1. The average Bonchev–Trinajstić information content (AvgIpc) is 2.99. The van der Waals surface area contributed by atoms with Gasteiger partial charge in [0.15, 0.2) is 5.76 Å². The Hall–Kier alpha value is -2.34. The molecule has 0 saturated carbocycles. The van der Waals surface area contributed by atoms with Crippen molar-refractivity contribution in [2.45, 2.75) is 39.5 Å². The maximum absolute atomic E-state index is 12.6. The Kier molecular flexibility index (Phi) is 6.16. The fourth-order valence-electron chi connectivity index (χ4n) is 3.83. The summed E-state index contributed by atoms with van der Waals surface area (Å²) in [6, 6.07) is 6.12. The van der Waals surface area contributed by atoms with Crippen LogP contribution in [0, 0.1) is 12.8 Å². The Morgan fingerprint density at radius 1 is 1.37 bits per heavy atom. The molecule has 0 spiro atoms. The third kappa shape index (κ3) is 4.50. The molecule has 1 atom stereocenters. The van der Waals surface area contributed by atoms with E-state index in [9.17, 15) is 9.59 Å². The van der Waals surface area contributed by atoms with Crippen LogP contribution in [0.3, 0.4) is 0 Å². The smallest absolute Gasteiger partial charge is 0.287 e. The van der Waals surface area contributed by atoms with Gasteiger partial charge in [-0.15, -0.1) is 0 Å². The average molecular weight is 371 g/mol. The molecule has 1 aromatic heterocycles. The molecule has 1 fully saturated rings. The minimum atomic E-state index is -0.232. The number of aryl methyl sites for hydroxylation is 2. The van der Waals surface area contributed by atoms with E-state index >= 15 is 0 Å². The number of nitrogens with two attached hydrogens (primary N) is 1. The molecule has 6 nitrogen and oxygen atoms in total. The fourth-order valence-corrected chi connectivity index (χ4v) is 3.83. The lowest BCUT2D eigenvalue weighted by Crippen LogP contribution is -2.44. The van der Waals surface area contributed by atoms with Gasteiger partial charge in [-0.3, -0.25) is 9.59 Å². The van der Waals surface area contributed by atoms with Gasteiger partial charge in [-0.2, -0.15) is 0 Å². The van der Waals surface area contributed by atoms with Gasteiger partial charge in [-0.05, 0) is 50.4 Å². The maximum atomic E-state index is 12.6. The van der Waals surface area contributed by atoms with E-state index in [1.54, 1.807) is 0 Å². The molecule has 3 N–H and O–H groups in total. The van der Waals surface area contributed by atoms with Gasteiger partial charge in [0.25, 0.3) is 5.91 Å². The largest absolute Gasteiger partial charge is 0.451 e. The number of furan rings is 1. The minimum Gasteiger partial charge on any atom is -0.451 e. The van der Waals surface area contributed by atoms with E-state index in [2.05, 4.69) is 29.3 Å². The molecule has 0 radical (unpaired) electrons. The number of likely N-dealkylation sites (tertiary alicyclic amines) is 1. The summed E-state index contributed by atoms with van der Waals surface area (Å²) in [6.45, 7) is 6.91. The molecule has 1 saturated heterocycles. The second-order valence-corrected chi connectivity index (χ2v) is 7.43. The predicted molar refractivity (Wildman–Crippen MR) is 106 cm³/mol. The highest BCUT2D eigenvalue weighted by molar-refractivity contribution is 5.99. The molecule has 6 heteroatoms. The number of rotatable bonds is 7. The van der Waals surface area contributed by atoms with Crippen molar-refractivity contribution in [2.75, 3.05) is 26.2 Å². The van der Waals surface area contributed by atoms with Crippen molar-refractivity contribution in [2.24, 2.45) is 11.7 Å². The predicted octanol–water partition coefficient (Wildman–Crippen LogP) is 2.62. The van der Waals surface area contributed by atoms with E-state index in [4.69, 9.17) is 10.2 Å². The number of amides is 2. The minimum absolute atomic E-state index is 0.0793. The summed E-state index contributed by atoms with van der Waals surface area (Å²) < 4.78 is 5.80. The number of carbonyl (C=O) groups is 2. The van der Waals surface area contributed by atoms with Crippen molar-refractivity contribution in [3.63, 3.8) is 0 Å². The first-order chi connectivity index (χ1) is 13.0. The molecule has 3 rings (SSSR count). The SMILES string of the molecule is CCCc1ccc2oc(C(=O)NCCN3CCC[C@@H](C(N)=O)C3)c(C)c2c1. The number of carbonyl (C=O) groups excluding carboxylic acids is 2. The van der Waals surface area contributed by atoms with Crippen LogP contribution in [-0.4, -0.2) is 42.9 Å². The highest BCUT2D eigenvalue weighted by Crippen LogP contribution is 2.26. The van der Waals surface area contributed by atoms with Crippen LogP contribution in [0.15, 0.2) is 22.6 Å². The lowest BCUT2D eigenvalue weighted by atomic mass is 9.97. The zero-order valence-corrected chi connectivity index (χ0v) is 16.2. The maximum Gasteiger partial charge on any atom is 0.287 e. The van der Waals surface area contributed by atoms with E-state index < -0.39 is 0 Å². The van der Waals surface area contributed by atoms with Gasteiger partial charge in [0.05, 0.1) is 5.92 Å². The summed E-state index contributed by atoms with van der Waals surface area (Å²) in [5, 5.41) is 3.95. The molecule has 27 heavy (non-hydrogen) atoms. The second kappa shape index (κ2) is 8.57. The van der Waals surface area contributed by atoms with Gasteiger partial charge in [0.1, 0.15) is 5.58 Å². The Labute approximate surface area is 160 Å². The monoisotopic (exact) mass is 371 g/mol. The number of fused-ring (bicyclic) bond motifs is 1. The summed E-state index contributed by atoms with van der Waals surface area (Å²) in [5.74, 6) is -0.120. The number of piperidine rings is 1. The van der Waals surface area contributed by atoms with E-state index in [1.165, 1.54) is 5.56 Å². The topological polar surface area (TPSA) is 88.6 Å². The van der Waals surface area contributed by atoms with E-state index in [0.29, 0.717) is 25.4 Å². The van der Waals surface area contributed by atoms with Crippen LogP contribution in [0.25, 0.3) is 11.0 Å². The van der Waals surface area contributed by atoms with Crippen molar-refractivity contribution in [3.8, 4) is 0 Å². The molecule has 2 amide bonds. The lowest BCUT2D eigenvalue weighted by molar-refractivity contribution is -0.123. The Balaban J connectivity index is 1.59. The van der Waals surface area contributed by atoms with Crippen LogP contribution >= 0.6 is 0 Å². The van der Waals surface area contributed by atoms with Crippen LogP contribution in [0.2, 0.25) is 0 Å². The first-order valence-electron chi connectivity index (χ1n) is 9.81. The van der Waals surface area contributed by atoms with E-state index in [1.807, 2.05) is 13.0 Å². The summed E-state index contributed by atoms with van der Waals surface area (Å²) in [6.07, 6.45) is 3.92. The first-order valence-corrected chi connectivity index (χ1v) is 9.81. The quantitative estimate of drug-likeness (QED) is 0.783. The van der Waals surface area contributed by atoms with E-state index in [-0.39, 0.29) is 17.7 Å². The van der Waals surface area contributed by atoms with Gasteiger partial charge in [0, 0.05) is 30.6 Å². The van der Waals surface area contributed by atoms with E-state index in [0.717, 1.165) is 48.8 Å². The molecule has 146 valence electrons. The van der Waals surface area contributed by atoms with Gasteiger partial charge in [0.2, 0.25) is 5.91 Å². The summed E-state index contributed by atoms with van der Waals surface area (Å²) in [5.41, 5.74) is 8.31. The number of hydrogen-bond acceptors (Lipinski definition) is 4. The van der Waals surface area contributed by atoms with Crippen LogP contribution in [0.1, 0.15) is 47.9 Å². The first kappa shape index (κ1) is 19.4. The van der Waals surface area contributed by atoms with Crippen molar-refractivity contribution in [1.82, 2.24) is 10.2 Å². The normalized spacial score (nSPS) is 17.9. The van der Waals surface area contributed by atoms with Gasteiger partial charge in [-0.1, -0.05) is 19.4 Å². The Morgan fingerprint density at radius 2 is 2.19 bits per heavy atom. The molecule has 0 bridgehead atoms. The van der Waals surface area contributed by atoms with Crippen molar-refractivity contribution in [3.05, 3.63) is 35.1 Å². The number of nitrogens with zero attached hydrogens (tertiary/aromatic N) is 1. The Morgan fingerprint density at radius 3 is 2.93 bits per heavy atom. The van der Waals surface area contributed by atoms with Gasteiger partial charge >= 0.3 is 0 Å². The zero-order valence-electron chi connectivity index (χ0n) is 16.2. The highest BCUT2D eigenvalue weighted by Gasteiger charge is 2.24. The summed E-state index contributed by atoms with van der Waals surface area (Å²) >= 11 is 0. The van der Waals surface area contributed by atoms with Crippen LogP contribution in [0.4, 0.5) is 0 Å². The third-order valence-electron chi connectivity index (χ3n) is 5.37. The van der Waals surface area contributed by atoms with Gasteiger partial charge in [-0.25, -0.2) is 0 Å². The fraction of sp³-hybridized carbons (Fsp3) is 0.524. The molecule has 1 aliphatic heterocycles. The molecule has 1 aliphatic rings. The standard InChI is InChI=1S/C21H29N3O3/c1-3-5-15-7-8-18-17(12-15)14(2)19(27-18)21(26)23-9-11-24-10-4-6-16(13-24)20(22)25/h7-8,12,16H,3-6,9-11,13H2,1-2H3,(H2,22,25)(H,23,26)/t16-/m1/s1. The molecule has 0 aliphatic carbocycles. The Bertz CT molecular complexity index is 827. The number of hydrogen-bond donors (Lipinski definition) is 2. The summed E-state index contributed by atoms with van der Waals surface area (Å²) in [7, 11) is 0. The van der Waals surface area contributed by atoms with Crippen molar-refractivity contribution in [1.29, 1.82) is 0 Å². The number of benzene rings is 1. The molecule has 2 aromatic rings. The zero-order chi connectivity index (χ0) is 19.4. The third-order valence-corrected chi connectivity index (χ3v) is 5.37. The van der Waals surface area contributed by atoms with Crippen LogP contribution in [0.5, 0.6) is 0 Å².